The molecule has 14 heteroatoms. The van der Waals surface area contributed by atoms with Crippen molar-refractivity contribution in [2.75, 3.05) is 52.2 Å². The first-order valence-electron chi connectivity index (χ1n) is 12.8. The van der Waals surface area contributed by atoms with E-state index in [0.29, 0.717) is 37.0 Å². The topological polar surface area (TPSA) is 107 Å². The monoisotopic (exact) mass is 597 g/mol. The van der Waals surface area contributed by atoms with E-state index < -0.39 is 25.5 Å². The molecule has 0 aliphatic heterocycles. The number of anilines is 4. The third-order valence-electron chi connectivity index (χ3n) is 5.88. The van der Waals surface area contributed by atoms with E-state index >= 15 is 0 Å². The maximum atomic E-state index is 13.9. The van der Waals surface area contributed by atoms with Crippen molar-refractivity contribution in [3.8, 4) is 5.75 Å². The number of methoxy groups -OCH3 is 1. The first kappa shape index (κ1) is 32.0. The van der Waals surface area contributed by atoms with E-state index in [1.54, 1.807) is 51.5 Å². The summed E-state index contributed by atoms with van der Waals surface area (Å²) in [6.07, 6.45) is -3.69. The third-order valence-corrected chi connectivity index (χ3v) is 8.80. The number of hydrogen-bond acceptors (Lipinski definition) is 9. The van der Waals surface area contributed by atoms with Crippen LogP contribution in [-0.4, -0.2) is 62.3 Å². The van der Waals surface area contributed by atoms with Gasteiger partial charge < -0.3 is 4.90 Å². The number of carbonyl (C=O) groups is 1. The summed E-state index contributed by atoms with van der Waals surface area (Å²) in [6.45, 7) is 4.57. The molecule has 0 fully saturated rings. The number of benzene rings is 2. The third kappa shape index (κ3) is 8.04. The van der Waals surface area contributed by atoms with Gasteiger partial charge in [-0.15, -0.1) is 0 Å². The number of nitrogens with zero attached hydrogens (tertiary/aromatic N) is 3. The van der Waals surface area contributed by atoms with Crippen molar-refractivity contribution < 1.29 is 36.3 Å². The van der Waals surface area contributed by atoms with Crippen LogP contribution in [-0.2, 0) is 25.9 Å². The summed E-state index contributed by atoms with van der Waals surface area (Å²) in [5.74, 6) is -0.622. The van der Waals surface area contributed by atoms with Crippen LogP contribution in [0.3, 0.4) is 0 Å². The molecule has 3 aromatic rings. The van der Waals surface area contributed by atoms with E-state index in [1.807, 2.05) is 13.8 Å². The van der Waals surface area contributed by atoms with Crippen LogP contribution in [0, 0.1) is 0 Å². The van der Waals surface area contributed by atoms with Crippen LogP contribution < -0.4 is 15.4 Å². The molecule has 0 aliphatic rings. The normalized spacial score (nSPS) is 12.1. The number of aromatic nitrogens is 2. The van der Waals surface area contributed by atoms with Crippen molar-refractivity contribution in [3.63, 3.8) is 0 Å². The Morgan fingerprint density at radius 2 is 1.68 bits per heavy atom. The first-order valence-corrected chi connectivity index (χ1v) is 14.7. The fraction of sp³-hybridized carbons (Fsp3) is 0.370. The van der Waals surface area contributed by atoms with Crippen molar-refractivity contribution in [1.29, 1.82) is 0 Å². The Balaban J connectivity index is 1.96. The minimum atomic E-state index is -4.75. The van der Waals surface area contributed by atoms with E-state index in [0.717, 1.165) is 5.56 Å². The average molecular weight is 598 g/mol. The Morgan fingerprint density at radius 3 is 2.27 bits per heavy atom. The van der Waals surface area contributed by atoms with Gasteiger partial charge in [-0.2, -0.15) is 0 Å². The van der Waals surface area contributed by atoms with Gasteiger partial charge in [0, 0.05) is 14.1 Å². The van der Waals surface area contributed by atoms with Crippen LogP contribution in [0.2, 0.25) is 0 Å². The summed E-state index contributed by atoms with van der Waals surface area (Å²) < 4.78 is 64.5. The van der Waals surface area contributed by atoms with Crippen LogP contribution in [0.5, 0.6) is 5.75 Å². The Labute approximate surface area is 237 Å². The number of hydrogen-bond donors (Lipinski definition) is 2. The van der Waals surface area contributed by atoms with E-state index in [9.17, 15) is 18.0 Å². The first-order chi connectivity index (χ1) is 19.5. The SMILES string of the molecule is CCO[PH](Cc1ccc(Nc2ncc(C(F)(F)F)c(Nc3ccccc3C(=O)N(C)C)n2)c(OC)c1)(OC)OCC. The Kier molecular flexibility index (Phi) is 10.9. The zero-order valence-electron chi connectivity index (χ0n) is 23.8. The van der Waals surface area contributed by atoms with Crippen LogP contribution in [0.4, 0.5) is 36.3 Å². The standard InChI is InChI=1S/C27H35F3N5O5P/c1-7-39-41(38-6,40-8-2)17-18-13-14-22(23(15-18)37-5)33-26-31-16-20(27(28,29)30)24(34-26)32-21-12-10-9-11-19(21)25(36)35(3)4/h9-16,41H,7-8,17H2,1-6H3,(H2,31,32,33,34). The number of rotatable bonds is 13. The Hall–Kier alpha value is -3.51. The van der Waals surface area contributed by atoms with E-state index in [1.165, 1.54) is 24.1 Å². The predicted molar refractivity (Wildman–Crippen MR) is 153 cm³/mol. The van der Waals surface area contributed by atoms with Gasteiger partial charge in [0.2, 0.25) is 0 Å². The molecule has 0 saturated heterocycles. The molecule has 3 rings (SSSR count). The molecular weight excluding hydrogens is 562 g/mol. The van der Waals surface area contributed by atoms with Crippen molar-refractivity contribution >= 4 is 37.0 Å². The van der Waals surface area contributed by atoms with Crippen molar-refractivity contribution in [2.24, 2.45) is 0 Å². The second kappa shape index (κ2) is 13.9. The second-order valence-corrected chi connectivity index (χ2v) is 11.6. The zero-order chi connectivity index (χ0) is 30.2. The van der Waals surface area contributed by atoms with Crippen molar-refractivity contribution in [2.45, 2.75) is 26.2 Å². The van der Waals surface area contributed by atoms with Crippen LogP contribution in [0.15, 0.2) is 48.7 Å². The molecule has 224 valence electrons. The zero-order valence-corrected chi connectivity index (χ0v) is 24.8. The summed E-state index contributed by atoms with van der Waals surface area (Å²) >= 11 is 0. The molecule has 0 atom stereocenters. The molecule has 0 aliphatic carbocycles. The van der Waals surface area contributed by atoms with Gasteiger partial charge in [-0.25, -0.2) is 0 Å². The van der Waals surface area contributed by atoms with Gasteiger partial charge in [0.1, 0.15) is 0 Å². The molecule has 1 amide bonds. The number of ether oxygens (including phenoxy) is 1. The van der Waals surface area contributed by atoms with E-state index in [4.69, 9.17) is 18.3 Å². The van der Waals surface area contributed by atoms with Crippen LogP contribution in [0.1, 0.15) is 35.3 Å². The number of para-hydroxylation sites is 1. The van der Waals surface area contributed by atoms with Gasteiger partial charge in [0.15, 0.2) is 0 Å². The number of alkyl halides is 3. The molecule has 2 aromatic carbocycles. The molecular formula is C27H35F3N5O5P. The average Bonchev–Trinajstić information content (AvgIpc) is 2.93. The summed E-state index contributed by atoms with van der Waals surface area (Å²) in [6, 6.07) is 11.5. The van der Waals surface area contributed by atoms with Gasteiger partial charge in [-0.1, -0.05) is 12.1 Å². The Morgan fingerprint density at radius 1 is 1.00 bits per heavy atom. The Bertz CT molecular complexity index is 1340. The van der Waals surface area contributed by atoms with E-state index in [2.05, 4.69) is 20.6 Å². The predicted octanol–water partition coefficient (Wildman–Crippen LogP) is 6.41. The molecule has 0 saturated carbocycles. The van der Waals surface area contributed by atoms with Gasteiger partial charge >= 0.3 is 190 Å². The van der Waals surface area contributed by atoms with Gasteiger partial charge in [0.05, 0.1) is 0 Å². The van der Waals surface area contributed by atoms with Gasteiger partial charge in [-0.05, 0) is 6.07 Å². The summed E-state index contributed by atoms with van der Waals surface area (Å²) in [7, 11) is 3.15. The molecule has 1 aromatic heterocycles. The fourth-order valence-electron chi connectivity index (χ4n) is 3.98. The summed E-state index contributed by atoms with van der Waals surface area (Å²) in [4.78, 5) is 21.9. The molecule has 41 heavy (non-hydrogen) atoms. The molecule has 10 nitrogen and oxygen atoms in total. The second-order valence-electron chi connectivity index (χ2n) is 8.91. The maximum absolute atomic E-state index is 13.9. The number of halogens is 3. The quantitative estimate of drug-likeness (QED) is 0.216. The van der Waals surface area contributed by atoms with Gasteiger partial charge in [0.25, 0.3) is 5.91 Å². The molecule has 2 N–H and O–H groups in total. The van der Waals surface area contributed by atoms with Crippen LogP contribution in [0.25, 0.3) is 0 Å². The minimum absolute atomic E-state index is 0.118. The number of carbonyl (C=O) groups excluding carboxylic acids is 1. The summed E-state index contributed by atoms with van der Waals surface area (Å²) in [5.41, 5.74) is 0.497. The molecule has 0 bridgehead atoms. The van der Waals surface area contributed by atoms with Crippen LogP contribution >= 0.6 is 7.94 Å². The summed E-state index contributed by atoms with van der Waals surface area (Å²) in [5, 5.41) is 5.60. The molecule has 1 heterocycles. The van der Waals surface area contributed by atoms with E-state index in [-0.39, 0.29) is 23.1 Å². The van der Waals surface area contributed by atoms with Crippen molar-refractivity contribution in [3.05, 3.63) is 65.4 Å². The number of amides is 1. The molecule has 0 unspecified atom stereocenters. The fourth-order valence-corrected chi connectivity index (χ4v) is 6.25. The van der Waals surface area contributed by atoms with Gasteiger partial charge in [-0.3, -0.25) is 4.79 Å². The molecule has 0 spiro atoms. The number of nitrogens with one attached hydrogen (secondary N) is 2. The molecule has 0 radical (unpaired) electrons. The van der Waals surface area contributed by atoms with Crippen molar-refractivity contribution in [1.82, 2.24) is 14.9 Å².